The van der Waals surface area contributed by atoms with E-state index in [0.29, 0.717) is 6.42 Å². The summed E-state index contributed by atoms with van der Waals surface area (Å²) in [5.74, 6) is 0.733. The Bertz CT molecular complexity index is 1100. The fourth-order valence-corrected chi connectivity index (χ4v) is 3.53. The van der Waals surface area contributed by atoms with Gasteiger partial charge in [0.25, 0.3) is 0 Å². The summed E-state index contributed by atoms with van der Waals surface area (Å²) < 4.78 is 5.36. The molecule has 2 aromatic heterocycles. The average molecular weight is 359 g/mol. The van der Waals surface area contributed by atoms with Crippen LogP contribution in [-0.2, 0) is 11.2 Å². The molecule has 2 heterocycles. The predicted molar refractivity (Wildman–Crippen MR) is 107 cm³/mol. The standard InChI is InChI=1S/C22H21N3O2/c1-14(26)24-20(12-15-6-4-3-5-7-15)22-21-17(10-11-23-22)18-13-16(27-2)8-9-19(18)25-21/h3-11,13,20,25H,12H2,1-2H3,(H,24,26). The van der Waals surface area contributed by atoms with Gasteiger partial charge in [-0.2, -0.15) is 0 Å². The highest BCUT2D eigenvalue weighted by Crippen LogP contribution is 2.32. The van der Waals surface area contributed by atoms with E-state index in [-0.39, 0.29) is 11.9 Å². The van der Waals surface area contributed by atoms with E-state index in [4.69, 9.17) is 4.74 Å². The number of amides is 1. The number of nitrogens with zero attached hydrogens (tertiary/aromatic N) is 1. The Hall–Kier alpha value is -3.34. The van der Waals surface area contributed by atoms with Crippen molar-refractivity contribution >= 4 is 27.7 Å². The van der Waals surface area contributed by atoms with E-state index < -0.39 is 0 Å². The van der Waals surface area contributed by atoms with Crippen molar-refractivity contribution in [3.05, 3.63) is 72.1 Å². The summed E-state index contributed by atoms with van der Waals surface area (Å²) >= 11 is 0. The van der Waals surface area contributed by atoms with E-state index in [1.165, 1.54) is 6.92 Å². The van der Waals surface area contributed by atoms with Gasteiger partial charge in [0.05, 0.1) is 24.4 Å². The molecule has 0 saturated heterocycles. The van der Waals surface area contributed by atoms with Crippen LogP contribution in [0.2, 0.25) is 0 Å². The van der Waals surface area contributed by atoms with Gasteiger partial charge in [-0.05, 0) is 36.2 Å². The number of hydrogen-bond donors (Lipinski definition) is 2. The van der Waals surface area contributed by atoms with Crippen LogP contribution in [0.25, 0.3) is 21.8 Å². The van der Waals surface area contributed by atoms with Gasteiger partial charge in [0, 0.05) is 29.4 Å². The third-order valence-corrected chi connectivity index (χ3v) is 4.75. The molecule has 27 heavy (non-hydrogen) atoms. The maximum Gasteiger partial charge on any atom is 0.217 e. The van der Waals surface area contributed by atoms with Crippen molar-refractivity contribution < 1.29 is 9.53 Å². The molecule has 0 aliphatic rings. The molecule has 1 atom stereocenters. The second-order valence-corrected chi connectivity index (χ2v) is 6.60. The van der Waals surface area contributed by atoms with E-state index in [2.05, 4.69) is 27.4 Å². The summed E-state index contributed by atoms with van der Waals surface area (Å²) in [6, 6.07) is 17.8. The highest BCUT2D eigenvalue weighted by atomic mass is 16.5. The number of methoxy groups -OCH3 is 1. The number of benzene rings is 2. The van der Waals surface area contributed by atoms with Crippen molar-refractivity contribution in [3.63, 3.8) is 0 Å². The van der Waals surface area contributed by atoms with Crippen LogP contribution >= 0.6 is 0 Å². The van der Waals surface area contributed by atoms with Crippen molar-refractivity contribution in [2.45, 2.75) is 19.4 Å². The summed E-state index contributed by atoms with van der Waals surface area (Å²) in [6.45, 7) is 1.54. The van der Waals surface area contributed by atoms with E-state index in [0.717, 1.165) is 38.8 Å². The van der Waals surface area contributed by atoms with Crippen LogP contribution in [-0.4, -0.2) is 23.0 Å². The molecular weight excluding hydrogens is 338 g/mol. The van der Waals surface area contributed by atoms with Crippen molar-refractivity contribution in [3.8, 4) is 5.75 Å². The zero-order chi connectivity index (χ0) is 18.8. The lowest BCUT2D eigenvalue weighted by molar-refractivity contribution is -0.119. The molecule has 2 N–H and O–H groups in total. The van der Waals surface area contributed by atoms with Crippen LogP contribution < -0.4 is 10.1 Å². The number of aromatic nitrogens is 2. The molecule has 0 bridgehead atoms. The van der Waals surface area contributed by atoms with Crippen LogP contribution in [0, 0.1) is 0 Å². The molecule has 0 aliphatic heterocycles. The largest absolute Gasteiger partial charge is 0.497 e. The summed E-state index contributed by atoms with van der Waals surface area (Å²) in [7, 11) is 1.66. The number of aromatic amines is 1. The zero-order valence-electron chi connectivity index (χ0n) is 15.3. The van der Waals surface area contributed by atoms with Crippen molar-refractivity contribution in [2.75, 3.05) is 7.11 Å². The maximum absolute atomic E-state index is 11.8. The molecule has 5 heteroatoms. The Kier molecular flexibility index (Phi) is 4.50. The number of ether oxygens (including phenoxy) is 1. The number of rotatable bonds is 5. The van der Waals surface area contributed by atoms with Gasteiger partial charge in [0.2, 0.25) is 5.91 Å². The minimum Gasteiger partial charge on any atom is -0.497 e. The normalized spacial score (nSPS) is 12.2. The van der Waals surface area contributed by atoms with Gasteiger partial charge in [-0.3, -0.25) is 9.78 Å². The van der Waals surface area contributed by atoms with Crippen molar-refractivity contribution in [1.82, 2.24) is 15.3 Å². The molecular formula is C22H21N3O2. The fraction of sp³-hybridized carbons (Fsp3) is 0.182. The van der Waals surface area contributed by atoms with Crippen molar-refractivity contribution in [1.29, 1.82) is 0 Å². The van der Waals surface area contributed by atoms with Crippen LogP contribution in [0.15, 0.2) is 60.8 Å². The molecule has 2 aromatic carbocycles. The molecule has 0 spiro atoms. The lowest BCUT2D eigenvalue weighted by Gasteiger charge is -2.18. The lowest BCUT2D eigenvalue weighted by atomic mass is 10.0. The maximum atomic E-state index is 11.8. The summed E-state index contributed by atoms with van der Waals surface area (Å²) in [5, 5.41) is 5.20. The third kappa shape index (κ3) is 3.36. The number of pyridine rings is 1. The highest BCUT2D eigenvalue weighted by molar-refractivity contribution is 6.08. The number of hydrogen-bond acceptors (Lipinski definition) is 3. The smallest absolute Gasteiger partial charge is 0.217 e. The molecule has 4 aromatic rings. The molecule has 136 valence electrons. The van der Waals surface area contributed by atoms with Crippen LogP contribution in [0.3, 0.4) is 0 Å². The van der Waals surface area contributed by atoms with Crippen LogP contribution in [0.4, 0.5) is 0 Å². The highest BCUT2D eigenvalue weighted by Gasteiger charge is 2.20. The lowest BCUT2D eigenvalue weighted by Crippen LogP contribution is -2.28. The Morgan fingerprint density at radius 1 is 1.15 bits per heavy atom. The van der Waals surface area contributed by atoms with Gasteiger partial charge >= 0.3 is 0 Å². The zero-order valence-corrected chi connectivity index (χ0v) is 15.3. The Balaban J connectivity index is 1.85. The van der Waals surface area contributed by atoms with Gasteiger partial charge in [-0.15, -0.1) is 0 Å². The van der Waals surface area contributed by atoms with E-state index in [9.17, 15) is 4.79 Å². The first kappa shape index (κ1) is 17.1. The van der Waals surface area contributed by atoms with Gasteiger partial charge in [-0.1, -0.05) is 30.3 Å². The quantitative estimate of drug-likeness (QED) is 0.563. The summed E-state index contributed by atoms with van der Waals surface area (Å²) in [4.78, 5) is 19.9. The van der Waals surface area contributed by atoms with Gasteiger partial charge in [0.1, 0.15) is 5.75 Å². The van der Waals surface area contributed by atoms with Gasteiger partial charge < -0.3 is 15.0 Å². The molecule has 0 saturated carbocycles. The summed E-state index contributed by atoms with van der Waals surface area (Å²) in [5.41, 5.74) is 3.94. The predicted octanol–water partition coefficient (Wildman–Crippen LogP) is 4.14. The van der Waals surface area contributed by atoms with Crippen molar-refractivity contribution in [2.24, 2.45) is 0 Å². The Morgan fingerprint density at radius 3 is 2.70 bits per heavy atom. The van der Waals surface area contributed by atoms with Gasteiger partial charge in [-0.25, -0.2) is 0 Å². The van der Waals surface area contributed by atoms with E-state index >= 15 is 0 Å². The topological polar surface area (TPSA) is 67.0 Å². The monoisotopic (exact) mass is 359 g/mol. The number of H-pyrrole nitrogens is 1. The van der Waals surface area contributed by atoms with Crippen LogP contribution in [0.5, 0.6) is 5.75 Å². The second-order valence-electron chi connectivity index (χ2n) is 6.60. The molecule has 5 nitrogen and oxygen atoms in total. The molecule has 0 radical (unpaired) electrons. The first-order valence-corrected chi connectivity index (χ1v) is 8.91. The first-order valence-electron chi connectivity index (χ1n) is 8.91. The number of fused-ring (bicyclic) bond motifs is 3. The Morgan fingerprint density at radius 2 is 1.96 bits per heavy atom. The average Bonchev–Trinajstić information content (AvgIpc) is 3.05. The third-order valence-electron chi connectivity index (χ3n) is 4.75. The second kappa shape index (κ2) is 7.11. The first-order chi connectivity index (χ1) is 13.2. The fourth-order valence-electron chi connectivity index (χ4n) is 3.53. The number of nitrogens with one attached hydrogen (secondary N) is 2. The summed E-state index contributed by atoms with van der Waals surface area (Å²) in [6.07, 6.45) is 2.47. The minimum absolute atomic E-state index is 0.0764. The van der Waals surface area contributed by atoms with Gasteiger partial charge in [0.15, 0.2) is 0 Å². The van der Waals surface area contributed by atoms with E-state index in [1.54, 1.807) is 13.3 Å². The number of carbonyl (C=O) groups is 1. The van der Waals surface area contributed by atoms with Crippen LogP contribution in [0.1, 0.15) is 24.2 Å². The number of carbonyl (C=O) groups excluding carboxylic acids is 1. The Labute approximate surface area is 157 Å². The molecule has 1 amide bonds. The minimum atomic E-state index is -0.219. The van der Waals surface area contributed by atoms with E-state index in [1.807, 2.05) is 42.5 Å². The SMILES string of the molecule is COc1ccc2[nH]c3c(C(Cc4ccccc4)NC(C)=O)nccc3c2c1. The molecule has 1 unspecified atom stereocenters. The molecule has 4 rings (SSSR count). The molecule has 0 aliphatic carbocycles. The molecule has 0 fully saturated rings.